The number of sulfonamides is 1. The van der Waals surface area contributed by atoms with Crippen LogP contribution < -0.4 is 10.1 Å². The van der Waals surface area contributed by atoms with E-state index < -0.39 is 21.3 Å². The number of nitrogens with one attached hydrogen (secondary N) is 1. The summed E-state index contributed by atoms with van der Waals surface area (Å²) in [5, 5.41) is 5.31. The van der Waals surface area contributed by atoms with Crippen LogP contribution in [0.1, 0.15) is 39.5 Å². The van der Waals surface area contributed by atoms with Crippen molar-refractivity contribution in [2.45, 2.75) is 50.5 Å². The van der Waals surface area contributed by atoms with Gasteiger partial charge in [-0.1, -0.05) is 50.2 Å². The predicted octanol–water partition coefficient (Wildman–Crippen LogP) is 5.13. The fraction of sp³-hybridized carbons (Fsp3) is 0.393. The van der Waals surface area contributed by atoms with Crippen LogP contribution in [0, 0.1) is 11.2 Å². The largest absolute Gasteiger partial charge is 0.493 e. The summed E-state index contributed by atoms with van der Waals surface area (Å²) in [7, 11) is -3.67. The lowest BCUT2D eigenvalue weighted by Crippen LogP contribution is -2.49. The van der Waals surface area contributed by atoms with Crippen molar-refractivity contribution in [2.24, 2.45) is 5.41 Å². The third kappa shape index (κ3) is 6.05. The van der Waals surface area contributed by atoms with Crippen LogP contribution in [-0.4, -0.2) is 44.4 Å². The second kappa shape index (κ2) is 11.0. The van der Waals surface area contributed by atoms with Crippen molar-refractivity contribution >= 4 is 26.7 Å². The number of piperidine rings is 1. The number of hydrogen-bond donors (Lipinski definition) is 1. The number of carbonyl (C=O) groups is 1. The number of hydrogen-bond acceptors (Lipinski definition) is 4. The van der Waals surface area contributed by atoms with Crippen LogP contribution >= 0.6 is 0 Å². The van der Waals surface area contributed by atoms with Crippen LogP contribution in [0.2, 0.25) is 0 Å². The molecule has 36 heavy (non-hydrogen) atoms. The van der Waals surface area contributed by atoms with Crippen LogP contribution in [-0.2, 0) is 14.8 Å². The van der Waals surface area contributed by atoms with Crippen molar-refractivity contribution in [3.8, 4) is 5.75 Å². The first-order valence-electron chi connectivity index (χ1n) is 12.3. The molecule has 1 heterocycles. The molecule has 1 fully saturated rings. The van der Waals surface area contributed by atoms with E-state index in [2.05, 4.69) is 17.4 Å². The summed E-state index contributed by atoms with van der Waals surface area (Å²) in [4.78, 5) is 13.1. The van der Waals surface area contributed by atoms with Crippen molar-refractivity contribution in [3.63, 3.8) is 0 Å². The molecule has 0 spiro atoms. The van der Waals surface area contributed by atoms with E-state index in [1.807, 2.05) is 44.2 Å². The minimum Gasteiger partial charge on any atom is -0.493 e. The second-order valence-electron chi connectivity index (χ2n) is 9.92. The van der Waals surface area contributed by atoms with Gasteiger partial charge in [0.2, 0.25) is 15.9 Å². The molecule has 1 saturated heterocycles. The van der Waals surface area contributed by atoms with Crippen LogP contribution in [0.4, 0.5) is 4.39 Å². The van der Waals surface area contributed by atoms with E-state index in [0.717, 1.165) is 35.1 Å². The molecule has 192 valence electrons. The van der Waals surface area contributed by atoms with E-state index in [1.165, 1.54) is 16.4 Å². The number of nitrogens with zero attached hydrogens (tertiary/aromatic N) is 1. The SMILES string of the molecule is CC(C)(CCCOc1cccc2ccccc12)C(=O)NC1CCN(S(=O)(=O)c2ccc(F)cc2)CC1. The van der Waals surface area contributed by atoms with Crippen molar-refractivity contribution in [3.05, 3.63) is 72.5 Å². The summed E-state index contributed by atoms with van der Waals surface area (Å²) in [6, 6.07) is 18.9. The van der Waals surface area contributed by atoms with Crippen LogP contribution in [0.3, 0.4) is 0 Å². The first kappa shape index (κ1) is 26.1. The molecule has 3 aromatic carbocycles. The zero-order chi connectivity index (χ0) is 25.8. The number of halogens is 1. The standard InChI is InChI=1S/C28H33FN2O4S/c1-28(2,17-6-20-35-26-10-5-8-21-7-3-4-9-25(21)26)27(32)30-23-15-18-31(19-16-23)36(33,34)24-13-11-22(29)12-14-24/h3-5,7-14,23H,6,15-20H2,1-2H3,(H,30,32). The van der Waals surface area contributed by atoms with Gasteiger partial charge in [0, 0.05) is 29.9 Å². The third-order valence-corrected chi connectivity index (χ3v) is 8.72. The highest BCUT2D eigenvalue weighted by molar-refractivity contribution is 7.89. The summed E-state index contributed by atoms with van der Waals surface area (Å²) in [6.45, 7) is 4.99. The maximum absolute atomic E-state index is 13.2. The van der Waals surface area contributed by atoms with E-state index in [1.54, 1.807) is 0 Å². The summed E-state index contributed by atoms with van der Waals surface area (Å²) in [6.07, 6.45) is 2.47. The number of amides is 1. The highest BCUT2D eigenvalue weighted by atomic mass is 32.2. The van der Waals surface area contributed by atoms with Crippen molar-refractivity contribution in [1.29, 1.82) is 0 Å². The van der Waals surface area contributed by atoms with Gasteiger partial charge in [0.15, 0.2) is 0 Å². The van der Waals surface area contributed by atoms with Crippen LogP contribution in [0.25, 0.3) is 10.8 Å². The van der Waals surface area contributed by atoms with E-state index in [4.69, 9.17) is 4.74 Å². The Hall–Kier alpha value is -2.97. The quantitative estimate of drug-likeness (QED) is 0.403. The Morgan fingerprint density at radius 2 is 1.69 bits per heavy atom. The molecule has 6 nitrogen and oxygen atoms in total. The maximum atomic E-state index is 13.2. The van der Waals surface area contributed by atoms with Crippen molar-refractivity contribution in [2.75, 3.05) is 19.7 Å². The van der Waals surface area contributed by atoms with Gasteiger partial charge in [-0.15, -0.1) is 0 Å². The first-order chi connectivity index (χ1) is 17.2. The molecule has 0 saturated carbocycles. The van der Waals surface area contributed by atoms with Gasteiger partial charge in [-0.2, -0.15) is 4.31 Å². The molecule has 0 aromatic heterocycles. The number of carbonyl (C=O) groups excluding carboxylic acids is 1. The molecule has 0 atom stereocenters. The predicted molar refractivity (Wildman–Crippen MR) is 139 cm³/mol. The molecule has 8 heteroatoms. The molecule has 0 bridgehead atoms. The van der Waals surface area contributed by atoms with Gasteiger partial charge in [-0.25, -0.2) is 12.8 Å². The zero-order valence-corrected chi connectivity index (χ0v) is 21.6. The van der Waals surface area contributed by atoms with E-state index >= 15 is 0 Å². The Balaban J connectivity index is 1.24. The fourth-order valence-electron chi connectivity index (χ4n) is 4.51. The Labute approximate surface area is 212 Å². The Bertz CT molecular complexity index is 1300. The molecular formula is C28H33FN2O4S. The Morgan fingerprint density at radius 1 is 1.03 bits per heavy atom. The normalized spacial score (nSPS) is 15.6. The van der Waals surface area contributed by atoms with Gasteiger partial charge < -0.3 is 10.1 Å². The first-order valence-corrected chi connectivity index (χ1v) is 13.8. The minimum atomic E-state index is -3.67. The average molecular weight is 513 g/mol. The van der Waals surface area contributed by atoms with Gasteiger partial charge >= 0.3 is 0 Å². The number of fused-ring (bicyclic) bond motifs is 1. The summed E-state index contributed by atoms with van der Waals surface area (Å²) < 4.78 is 46.2. The van der Waals surface area contributed by atoms with Crippen molar-refractivity contribution < 1.29 is 22.3 Å². The van der Waals surface area contributed by atoms with E-state index in [-0.39, 0.29) is 16.8 Å². The monoisotopic (exact) mass is 512 g/mol. The highest BCUT2D eigenvalue weighted by Crippen LogP contribution is 2.28. The lowest BCUT2D eigenvalue weighted by molar-refractivity contribution is -0.130. The number of rotatable bonds is 9. The van der Waals surface area contributed by atoms with Gasteiger partial charge in [-0.05, 0) is 61.4 Å². The Kier molecular flexibility index (Phi) is 7.95. The topological polar surface area (TPSA) is 75.7 Å². The molecule has 0 aliphatic carbocycles. The molecular weight excluding hydrogens is 479 g/mol. The van der Waals surface area contributed by atoms with Crippen LogP contribution in [0.15, 0.2) is 71.6 Å². The van der Waals surface area contributed by atoms with Gasteiger partial charge in [0.25, 0.3) is 0 Å². The smallest absolute Gasteiger partial charge is 0.243 e. The Morgan fingerprint density at radius 3 is 2.42 bits per heavy atom. The lowest BCUT2D eigenvalue weighted by atomic mass is 9.86. The highest BCUT2D eigenvalue weighted by Gasteiger charge is 2.33. The molecule has 1 aliphatic rings. The summed E-state index contributed by atoms with van der Waals surface area (Å²) in [5.41, 5.74) is -0.570. The number of benzene rings is 3. The van der Waals surface area contributed by atoms with Gasteiger partial charge in [0.05, 0.1) is 11.5 Å². The zero-order valence-electron chi connectivity index (χ0n) is 20.7. The molecule has 1 amide bonds. The van der Waals surface area contributed by atoms with Gasteiger partial charge in [-0.3, -0.25) is 4.79 Å². The van der Waals surface area contributed by atoms with Crippen molar-refractivity contribution in [1.82, 2.24) is 9.62 Å². The van der Waals surface area contributed by atoms with Gasteiger partial charge in [0.1, 0.15) is 11.6 Å². The van der Waals surface area contributed by atoms with E-state index in [0.29, 0.717) is 39.0 Å². The fourth-order valence-corrected chi connectivity index (χ4v) is 5.98. The molecule has 4 rings (SSSR count). The summed E-state index contributed by atoms with van der Waals surface area (Å²) in [5.74, 6) is 0.336. The molecule has 0 unspecified atom stereocenters. The molecule has 1 aliphatic heterocycles. The molecule has 3 aromatic rings. The van der Waals surface area contributed by atoms with E-state index in [9.17, 15) is 17.6 Å². The lowest BCUT2D eigenvalue weighted by Gasteiger charge is -2.33. The average Bonchev–Trinajstić information content (AvgIpc) is 2.87. The number of ether oxygens (including phenoxy) is 1. The summed E-state index contributed by atoms with van der Waals surface area (Å²) >= 11 is 0. The minimum absolute atomic E-state index is 0.0347. The third-order valence-electron chi connectivity index (χ3n) is 6.81. The maximum Gasteiger partial charge on any atom is 0.243 e. The van der Waals surface area contributed by atoms with Crippen LogP contribution in [0.5, 0.6) is 5.75 Å². The molecule has 0 radical (unpaired) electrons. The molecule has 1 N–H and O–H groups in total. The second-order valence-corrected chi connectivity index (χ2v) is 11.9.